The lowest BCUT2D eigenvalue weighted by Gasteiger charge is -2.12. The van der Waals surface area contributed by atoms with Crippen molar-refractivity contribution in [3.8, 4) is 5.75 Å². The second-order valence-electron chi connectivity index (χ2n) is 5.01. The van der Waals surface area contributed by atoms with E-state index in [-0.39, 0.29) is 11.8 Å². The maximum atomic E-state index is 10.8. The summed E-state index contributed by atoms with van der Waals surface area (Å²) in [4.78, 5) is 15.4. The number of aliphatic carboxylic acids is 1. The van der Waals surface area contributed by atoms with Gasteiger partial charge in [-0.05, 0) is 32.4 Å². The number of carbonyl (C=O) groups is 1. The summed E-state index contributed by atoms with van der Waals surface area (Å²) in [6.07, 6.45) is 0.932. The highest BCUT2D eigenvalue weighted by atomic mass is 32.2. The smallest absolute Gasteiger partial charge is 0.313 e. The average Bonchev–Trinajstić information content (AvgIpc) is 2.81. The Morgan fingerprint density at radius 2 is 2.24 bits per heavy atom. The predicted molar refractivity (Wildman–Crippen MR) is 84.3 cm³/mol. The maximum Gasteiger partial charge on any atom is 0.313 e. The summed E-state index contributed by atoms with van der Waals surface area (Å²) in [6, 6.07) is 6.04. The zero-order chi connectivity index (χ0) is 15.4. The minimum Gasteiger partial charge on any atom is -0.491 e. The van der Waals surface area contributed by atoms with Crippen molar-refractivity contribution >= 4 is 28.8 Å². The predicted octanol–water partition coefficient (Wildman–Crippen LogP) is 3.58. The number of para-hydroxylation sites is 1. The number of rotatable bonds is 7. The van der Waals surface area contributed by atoms with Crippen molar-refractivity contribution in [3.05, 3.63) is 18.2 Å². The average molecular weight is 308 g/mol. The van der Waals surface area contributed by atoms with Gasteiger partial charge in [-0.3, -0.25) is 4.79 Å². The van der Waals surface area contributed by atoms with Gasteiger partial charge >= 0.3 is 5.97 Å². The van der Waals surface area contributed by atoms with Crippen LogP contribution in [0.2, 0.25) is 0 Å². The van der Waals surface area contributed by atoms with Gasteiger partial charge in [-0.1, -0.05) is 24.8 Å². The molecule has 6 heteroatoms. The van der Waals surface area contributed by atoms with Crippen LogP contribution in [0.15, 0.2) is 23.4 Å². The van der Waals surface area contributed by atoms with Crippen LogP contribution >= 0.6 is 11.8 Å². The number of ether oxygens (including phenoxy) is 1. The van der Waals surface area contributed by atoms with E-state index in [4.69, 9.17) is 9.84 Å². The van der Waals surface area contributed by atoms with Crippen LogP contribution in [-0.4, -0.2) is 33.0 Å². The highest BCUT2D eigenvalue weighted by molar-refractivity contribution is 7.99. The van der Waals surface area contributed by atoms with E-state index in [0.29, 0.717) is 6.61 Å². The number of imidazole rings is 1. The molecule has 1 N–H and O–H groups in total. The van der Waals surface area contributed by atoms with E-state index >= 15 is 0 Å². The SMILES string of the molecule is CCCOc1cccc2c1nc(SCC(=O)O)n2C(C)C. The van der Waals surface area contributed by atoms with Crippen molar-refractivity contribution in [1.82, 2.24) is 9.55 Å². The molecule has 1 aromatic heterocycles. The monoisotopic (exact) mass is 308 g/mol. The Balaban J connectivity index is 2.47. The minimum atomic E-state index is -0.843. The van der Waals surface area contributed by atoms with Gasteiger partial charge in [-0.2, -0.15) is 0 Å². The Morgan fingerprint density at radius 3 is 2.86 bits per heavy atom. The fourth-order valence-electron chi connectivity index (χ4n) is 2.13. The van der Waals surface area contributed by atoms with Gasteiger partial charge in [-0.15, -0.1) is 0 Å². The summed E-state index contributed by atoms with van der Waals surface area (Å²) in [5.74, 6) is -0.0861. The van der Waals surface area contributed by atoms with Crippen molar-refractivity contribution in [3.63, 3.8) is 0 Å². The van der Waals surface area contributed by atoms with Gasteiger partial charge in [0.15, 0.2) is 5.16 Å². The number of hydrogen-bond donors (Lipinski definition) is 1. The van der Waals surface area contributed by atoms with Crippen molar-refractivity contribution < 1.29 is 14.6 Å². The van der Waals surface area contributed by atoms with E-state index in [0.717, 1.165) is 28.4 Å². The first-order valence-electron chi connectivity index (χ1n) is 7.03. The normalized spacial score (nSPS) is 11.2. The molecule has 0 aliphatic carbocycles. The summed E-state index contributed by atoms with van der Waals surface area (Å²) in [7, 11) is 0. The van der Waals surface area contributed by atoms with Gasteiger partial charge in [0.2, 0.25) is 0 Å². The molecule has 0 radical (unpaired) electrons. The lowest BCUT2D eigenvalue weighted by atomic mass is 10.2. The second kappa shape index (κ2) is 6.85. The van der Waals surface area contributed by atoms with Gasteiger partial charge in [0, 0.05) is 6.04 Å². The highest BCUT2D eigenvalue weighted by Gasteiger charge is 2.17. The van der Waals surface area contributed by atoms with Crippen molar-refractivity contribution in [2.75, 3.05) is 12.4 Å². The van der Waals surface area contributed by atoms with E-state index in [1.165, 1.54) is 11.8 Å². The highest BCUT2D eigenvalue weighted by Crippen LogP contribution is 2.32. The Morgan fingerprint density at radius 1 is 1.48 bits per heavy atom. The zero-order valence-corrected chi connectivity index (χ0v) is 13.3. The van der Waals surface area contributed by atoms with Gasteiger partial charge in [0.05, 0.1) is 17.9 Å². The second-order valence-corrected chi connectivity index (χ2v) is 5.96. The zero-order valence-electron chi connectivity index (χ0n) is 12.5. The Hall–Kier alpha value is -1.69. The van der Waals surface area contributed by atoms with E-state index in [9.17, 15) is 4.79 Å². The Labute approximate surface area is 128 Å². The third-order valence-corrected chi connectivity index (χ3v) is 3.89. The topological polar surface area (TPSA) is 64.3 Å². The standard InChI is InChI=1S/C15H20N2O3S/c1-4-8-20-12-7-5-6-11-14(12)16-15(17(11)10(2)3)21-9-13(18)19/h5-7,10H,4,8-9H2,1-3H3,(H,18,19). The molecule has 0 atom stereocenters. The maximum absolute atomic E-state index is 10.8. The molecule has 2 aromatic rings. The first kappa shape index (κ1) is 15.7. The number of hydrogen-bond acceptors (Lipinski definition) is 4. The van der Waals surface area contributed by atoms with E-state index in [2.05, 4.69) is 30.3 Å². The van der Waals surface area contributed by atoms with Crippen LogP contribution < -0.4 is 4.74 Å². The molecule has 0 amide bonds. The van der Waals surface area contributed by atoms with E-state index in [1.54, 1.807) is 0 Å². The van der Waals surface area contributed by atoms with Crippen LogP contribution in [0.3, 0.4) is 0 Å². The van der Waals surface area contributed by atoms with Gasteiger partial charge in [0.25, 0.3) is 0 Å². The third-order valence-electron chi connectivity index (χ3n) is 2.95. The molecule has 5 nitrogen and oxygen atoms in total. The van der Waals surface area contributed by atoms with Gasteiger partial charge < -0.3 is 14.4 Å². The quantitative estimate of drug-likeness (QED) is 0.792. The number of carboxylic acids is 1. The van der Waals surface area contributed by atoms with Crippen LogP contribution in [0.25, 0.3) is 11.0 Å². The molecule has 114 valence electrons. The molecule has 0 unspecified atom stereocenters. The molecule has 0 aliphatic rings. The van der Waals surface area contributed by atoms with Gasteiger partial charge in [-0.25, -0.2) is 4.98 Å². The number of thioether (sulfide) groups is 1. The molecular weight excluding hydrogens is 288 g/mol. The molecule has 0 fully saturated rings. The number of benzene rings is 1. The molecule has 0 saturated carbocycles. The van der Waals surface area contributed by atoms with E-state index in [1.807, 2.05) is 18.2 Å². The summed E-state index contributed by atoms with van der Waals surface area (Å²) in [5, 5.41) is 9.58. The summed E-state index contributed by atoms with van der Waals surface area (Å²) >= 11 is 1.24. The minimum absolute atomic E-state index is 0.00118. The van der Waals surface area contributed by atoms with Crippen LogP contribution in [-0.2, 0) is 4.79 Å². The van der Waals surface area contributed by atoms with Crippen molar-refractivity contribution in [2.45, 2.75) is 38.4 Å². The number of aromatic nitrogens is 2. The Bertz CT molecular complexity index is 637. The van der Waals surface area contributed by atoms with Crippen molar-refractivity contribution in [2.24, 2.45) is 0 Å². The number of fused-ring (bicyclic) bond motifs is 1. The molecular formula is C15H20N2O3S. The first-order valence-corrected chi connectivity index (χ1v) is 8.01. The molecule has 0 aliphatic heterocycles. The third kappa shape index (κ3) is 3.50. The van der Waals surface area contributed by atoms with Crippen LogP contribution in [0, 0.1) is 0 Å². The molecule has 0 saturated heterocycles. The molecule has 2 rings (SSSR count). The lowest BCUT2D eigenvalue weighted by Crippen LogP contribution is -2.05. The number of nitrogens with zero attached hydrogens (tertiary/aromatic N) is 2. The lowest BCUT2D eigenvalue weighted by molar-refractivity contribution is -0.133. The molecule has 1 aromatic carbocycles. The molecule has 0 spiro atoms. The summed E-state index contributed by atoms with van der Waals surface area (Å²) in [6.45, 7) is 6.82. The fourth-order valence-corrected chi connectivity index (χ4v) is 2.98. The Kier molecular flexibility index (Phi) is 5.12. The van der Waals surface area contributed by atoms with Crippen LogP contribution in [0.4, 0.5) is 0 Å². The first-order chi connectivity index (χ1) is 10.0. The van der Waals surface area contributed by atoms with E-state index < -0.39 is 5.97 Å². The summed E-state index contributed by atoms with van der Waals surface area (Å²) in [5.41, 5.74) is 1.78. The van der Waals surface area contributed by atoms with Crippen LogP contribution in [0.1, 0.15) is 33.2 Å². The van der Waals surface area contributed by atoms with Crippen molar-refractivity contribution in [1.29, 1.82) is 0 Å². The molecule has 1 heterocycles. The number of carboxylic acid groups (broad SMARTS) is 1. The largest absolute Gasteiger partial charge is 0.491 e. The molecule has 0 bridgehead atoms. The van der Waals surface area contributed by atoms with Crippen LogP contribution in [0.5, 0.6) is 5.75 Å². The van der Waals surface area contributed by atoms with Gasteiger partial charge in [0.1, 0.15) is 11.3 Å². The fraction of sp³-hybridized carbons (Fsp3) is 0.467. The summed E-state index contributed by atoms with van der Waals surface area (Å²) < 4.78 is 7.80. The molecule has 21 heavy (non-hydrogen) atoms.